The Kier molecular flexibility index (Phi) is 5.49. The second-order valence-electron chi connectivity index (χ2n) is 4.99. The van der Waals surface area contributed by atoms with E-state index in [9.17, 15) is 9.59 Å². The van der Waals surface area contributed by atoms with E-state index in [1.165, 1.54) is 31.6 Å². The van der Waals surface area contributed by atoms with E-state index in [1.807, 2.05) is 17.5 Å². The fourth-order valence-corrected chi connectivity index (χ4v) is 3.73. The number of rotatable bonds is 5. The third kappa shape index (κ3) is 3.84. The normalized spacial score (nSPS) is 10.2. The fraction of sp³-hybridized carbons (Fsp3) is 0.118. The van der Waals surface area contributed by atoms with Crippen molar-refractivity contribution >= 4 is 34.5 Å². The molecule has 9 heteroatoms. The summed E-state index contributed by atoms with van der Waals surface area (Å²) in [6, 6.07) is 8.57. The van der Waals surface area contributed by atoms with Crippen molar-refractivity contribution < 1.29 is 19.1 Å². The highest BCUT2D eigenvalue weighted by Gasteiger charge is 2.15. The van der Waals surface area contributed by atoms with Crippen molar-refractivity contribution in [2.45, 2.75) is 0 Å². The lowest BCUT2D eigenvalue weighted by Gasteiger charge is -2.10. The highest BCUT2D eigenvalue weighted by molar-refractivity contribution is 7.20. The first-order valence-electron chi connectivity index (χ1n) is 7.44. The molecule has 2 aromatic heterocycles. The molecular weight excluding hydrogens is 374 g/mol. The Balaban J connectivity index is 1.63. The molecule has 3 aromatic rings. The molecule has 0 saturated heterocycles. The van der Waals surface area contributed by atoms with Crippen LogP contribution in [0.4, 0.5) is 0 Å². The van der Waals surface area contributed by atoms with Gasteiger partial charge in [-0.3, -0.25) is 20.4 Å². The molecule has 2 heterocycles. The summed E-state index contributed by atoms with van der Waals surface area (Å²) < 4.78 is 10.3. The summed E-state index contributed by atoms with van der Waals surface area (Å²) in [6.07, 6.45) is 0. The third-order valence-electron chi connectivity index (χ3n) is 3.40. The van der Waals surface area contributed by atoms with Crippen LogP contribution in [-0.2, 0) is 0 Å². The van der Waals surface area contributed by atoms with E-state index in [0.717, 1.165) is 9.88 Å². The number of amides is 2. The molecular formula is C17H15N3O4S2. The zero-order chi connectivity index (χ0) is 18.5. The summed E-state index contributed by atoms with van der Waals surface area (Å²) in [7, 11) is 2.99. The molecule has 2 N–H and O–H groups in total. The van der Waals surface area contributed by atoms with Crippen LogP contribution in [0.1, 0.15) is 20.8 Å². The molecule has 0 radical (unpaired) electrons. The minimum atomic E-state index is -0.488. The number of nitrogens with one attached hydrogen (secondary N) is 2. The van der Waals surface area contributed by atoms with Gasteiger partial charge in [0, 0.05) is 10.9 Å². The van der Waals surface area contributed by atoms with Crippen LogP contribution in [0.5, 0.6) is 11.5 Å². The van der Waals surface area contributed by atoms with E-state index < -0.39 is 11.8 Å². The van der Waals surface area contributed by atoms with E-state index in [2.05, 4.69) is 15.8 Å². The quantitative estimate of drug-likeness (QED) is 0.655. The second-order valence-corrected chi connectivity index (χ2v) is 6.80. The summed E-state index contributed by atoms with van der Waals surface area (Å²) in [5, 5.41) is 4.35. The number of carbonyl (C=O) groups excluding carboxylic acids is 2. The van der Waals surface area contributed by atoms with Crippen molar-refractivity contribution in [2.75, 3.05) is 14.2 Å². The molecule has 0 unspecified atom stereocenters. The van der Waals surface area contributed by atoms with Crippen LogP contribution >= 0.6 is 22.7 Å². The SMILES string of the molecule is COc1ccc(C(=O)NNC(=O)c2csc(-c3cccs3)n2)cc1OC. The van der Waals surface area contributed by atoms with Crippen LogP contribution in [0.25, 0.3) is 9.88 Å². The van der Waals surface area contributed by atoms with Gasteiger partial charge in [0.2, 0.25) is 0 Å². The van der Waals surface area contributed by atoms with E-state index >= 15 is 0 Å². The Hall–Kier alpha value is -2.91. The van der Waals surface area contributed by atoms with E-state index in [-0.39, 0.29) is 5.69 Å². The maximum Gasteiger partial charge on any atom is 0.289 e. The van der Waals surface area contributed by atoms with Crippen LogP contribution in [0, 0.1) is 0 Å². The number of nitrogens with zero attached hydrogens (tertiary/aromatic N) is 1. The molecule has 26 heavy (non-hydrogen) atoms. The lowest BCUT2D eigenvalue weighted by molar-refractivity contribution is 0.0844. The predicted octanol–water partition coefficient (Wildman–Crippen LogP) is 2.96. The number of ether oxygens (including phenoxy) is 2. The summed E-state index contributed by atoms with van der Waals surface area (Å²) in [4.78, 5) is 29.6. The Morgan fingerprint density at radius 2 is 1.77 bits per heavy atom. The van der Waals surface area contributed by atoms with Gasteiger partial charge < -0.3 is 9.47 Å². The molecule has 134 valence electrons. The number of methoxy groups -OCH3 is 2. The van der Waals surface area contributed by atoms with Crippen molar-refractivity contribution in [3.63, 3.8) is 0 Å². The Morgan fingerprint density at radius 3 is 2.46 bits per heavy atom. The maximum atomic E-state index is 12.2. The molecule has 0 fully saturated rings. The first kappa shape index (κ1) is 17.9. The zero-order valence-electron chi connectivity index (χ0n) is 13.9. The Labute approximate surface area is 157 Å². The van der Waals surface area contributed by atoms with Crippen LogP contribution in [0.2, 0.25) is 0 Å². The monoisotopic (exact) mass is 389 g/mol. The molecule has 0 aliphatic heterocycles. The van der Waals surface area contributed by atoms with Gasteiger partial charge in [0.1, 0.15) is 10.7 Å². The van der Waals surface area contributed by atoms with Gasteiger partial charge in [0.25, 0.3) is 11.8 Å². The summed E-state index contributed by atoms with van der Waals surface area (Å²) >= 11 is 2.92. The third-order valence-corrected chi connectivity index (χ3v) is 5.29. The number of carbonyl (C=O) groups is 2. The minimum Gasteiger partial charge on any atom is -0.493 e. The largest absolute Gasteiger partial charge is 0.493 e. The van der Waals surface area contributed by atoms with Gasteiger partial charge in [0.15, 0.2) is 11.5 Å². The zero-order valence-corrected chi connectivity index (χ0v) is 15.6. The van der Waals surface area contributed by atoms with Gasteiger partial charge in [-0.1, -0.05) is 6.07 Å². The van der Waals surface area contributed by atoms with Gasteiger partial charge in [-0.15, -0.1) is 22.7 Å². The van der Waals surface area contributed by atoms with Crippen molar-refractivity contribution in [3.05, 3.63) is 52.3 Å². The van der Waals surface area contributed by atoms with Crippen molar-refractivity contribution in [1.29, 1.82) is 0 Å². The molecule has 0 bridgehead atoms. The van der Waals surface area contributed by atoms with Gasteiger partial charge in [-0.25, -0.2) is 4.98 Å². The van der Waals surface area contributed by atoms with Crippen LogP contribution in [0.15, 0.2) is 41.1 Å². The van der Waals surface area contributed by atoms with Crippen LogP contribution in [0.3, 0.4) is 0 Å². The van der Waals surface area contributed by atoms with Crippen LogP contribution in [-0.4, -0.2) is 31.0 Å². The first-order chi connectivity index (χ1) is 12.6. The minimum absolute atomic E-state index is 0.242. The van der Waals surface area contributed by atoms with Crippen molar-refractivity contribution in [2.24, 2.45) is 0 Å². The van der Waals surface area contributed by atoms with Crippen molar-refractivity contribution in [3.8, 4) is 21.4 Å². The predicted molar refractivity (Wildman–Crippen MR) is 99.9 cm³/mol. The second kappa shape index (κ2) is 7.98. The molecule has 3 rings (SSSR count). The molecule has 0 aliphatic carbocycles. The van der Waals surface area contributed by atoms with Crippen molar-refractivity contribution in [1.82, 2.24) is 15.8 Å². The smallest absolute Gasteiger partial charge is 0.289 e. The lowest BCUT2D eigenvalue weighted by atomic mass is 10.2. The van der Waals surface area contributed by atoms with Crippen LogP contribution < -0.4 is 20.3 Å². The van der Waals surface area contributed by atoms with E-state index in [1.54, 1.807) is 28.8 Å². The Bertz CT molecular complexity index is 922. The number of aromatic nitrogens is 1. The highest BCUT2D eigenvalue weighted by atomic mass is 32.1. The number of benzene rings is 1. The summed E-state index contributed by atoms with van der Waals surface area (Å²) in [5.74, 6) is -0.0332. The number of hydrazine groups is 1. The van der Waals surface area contributed by atoms with Gasteiger partial charge in [-0.2, -0.15) is 0 Å². The standard InChI is InChI=1S/C17H15N3O4S2/c1-23-12-6-5-10(8-13(12)24-2)15(21)19-20-16(22)11-9-26-17(18-11)14-4-3-7-25-14/h3-9H,1-2H3,(H,19,21)(H,20,22). The summed E-state index contributed by atoms with van der Waals surface area (Å²) in [6.45, 7) is 0. The molecule has 0 aliphatic rings. The number of hydrogen-bond acceptors (Lipinski definition) is 7. The Morgan fingerprint density at radius 1 is 1.00 bits per heavy atom. The number of thiophene rings is 1. The highest BCUT2D eigenvalue weighted by Crippen LogP contribution is 2.28. The summed E-state index contributed by atoms with van der Waals surface area (Å²) in [5.41, 5.74) is 5.28. The average Bonchev–Trinajstić information content (AvgIpc) is 3.36. The molecule has 1 aromatic carbocycles. The molecule has 7 nitrogen and oxygen atoms in total. The lowest BCUT2D eigenvalue weighted by Crippen LogP contribution is -2.41. The number of hydrogen-bond donors (Lipinski definition) is 2. The topological polar surface area (TPSA) is 89.6 Å². The van der Waals surface area contributed by atoms with Gasteiger partial charge >= 0.3 is 0 Å². The van der Waals surface area contributed by atoms with Gasteiger partial charge in [-0.05, 0) is 29.6 Å². The van der Waals surface area contributed by atoms with E-state index in [0.29, 0.717) is 17.1 Å². The number of thiazole rings is 1. The van der Waals surface area contributed by atoms with E-state index in [4.69, 9.17) is 9.47 Å². The first-order valence-corrected chi connectivity index (χ1v) is 9.20. The molecule has 2 amide bonds. The maximum absolute atomic E-state index is 12.2. The molecule has 0 atom stereocenters. The average molecular weight is 389 g/mol. The van der Waals surface area contributed by atoms with Gasteiger partial charge in [0.05, 0.1) is 19.1 Å². The molecule has 0 saturated carbocycles. The fourth-order valence-electron chi connectivity index (χ4n) is 2.12. The molecule has 0 spiro atoms.